The van der Waals surface area contributed by atoms with Gasteiger partial charge in [0.2, 0.25) is 5.91 Å². The molecule has 34 heavy (non-hydrogen) atoms. The zero-order valence-corrected chi connectivity index (χ0v) is 20.2. The lowest BCUT2D eigenvalue weighted by atomic mass is 10.1. The number of ether oxygens (including phenoxy) is 1. The maximum Gasteiger partial charge on any atom is 0.237 e. The number of nitrogens with one attached hydrogen (secondary N) is 2. The molecule has 1 aliphatic heterocycles. The monoisotopic (exact) mass is 476 g/mol. The van der Waals surface area contributed by atoms with Crippen molar-refractivity contribution in [2.24, 2.45) is 5.73 Å². The van der Waals surface area contributed by atoms with Gasteiger partial charge < -0.3 is 15.8 Å². The minimum atomic E-state index is -0.0401. The lowest BCUT2D eigenvalue weighted by Gasteiger charge is -2.23. The molecular weight excluding hydrogens is 444 g/mol. The number of benzene rings is 2. The summed E-state index contributed by atoms with van der Waals surface area (Å²) < 4.78 is 5.86. The van der Waals surface area contributed by atoms with Crippen molar-refractivity contribution in [2.45, 2.75) is 44.7 Å². The number of unbranched alkanes of at least 4 members (excludes halogenated alkanes) is 1. The molecule has 0 bridgehead atoms. The van der Waals surface area contributed by atoms with E-state index in [4.69, 9.17) is 15.9 Å². The van der Waals surface area contributed by atoms with Crippen molar-refractivity contribution in [2.75, 3.05) is 13.1 Å². The van der Waals surface area contributed by atoms with E-state index in [1.807, 2.05) is 53.9 Å². The molecule has 4 rings (SSSR count). The number of likely N-dealkylation sites (tertiary alicyclic amines) is 1. The Kier molecular flexibility index (Phi) is 8.33. The second-order valence-corrected chi connectivity index (χ2v) is 9.64. The van der Waals surface area contributed by atoms with Crippen LogP contribution in [0.4, 0.5) is 0 Å². The Hall–Kier alpha value is -3.16. The number of carbonyl (C=O) groups excluding carboxylic acids is 1. The van der Waals surface area contributed by atoms with Crippen LogP contribution in [-0.4, -0.2) is 35.8 Å². The molecule has 0 unspecified atom stereocenters. The molecule has 1 aliphatic rings. The van der Waals surface area contributed by atoms with Gasteiger partial charge in [0.15, 0.2) is 0 Å². The third-order valence-electron chi connectivity index (χ3n) is 6.13. The van der Waals surface area contributed by atoms with Crippen LogP contribution in [0.1, 0.15) is 41.7 Å². The van der Waals surface area contributed by atoms with Gasteiger partial charge in [-0.2, -0.15) is 0 Å². The summed E-state index contributed by atoms with van der Waals surface area (Å²) in [5, 5.41) is 12.4. The van der Waals surface area contributed by atoms with E-state index in [9.17, 15) is 4.79 Å². The molecule has 1 fully saturated rings. The van der Waals surface area contributed by atoms with Gasteiger partial charge in [0.05, 0.1) is 12.6 Å². The van der Waals surface area contributed by atoms with Crippen LogP contribution in [0.2, 0.25) is 0 Å². The lowest BCUT2D eigenvalue weighted by Crippen LogP contribution is -2.43. The van der Waals surface area contributed by atoms with Gasteiger partial charge in [-0.25, -0.2) is 0 Å². The average Bonchev–Trinajstić information content (AvgIpc) is 3.52. The molecule has 2 aromatic carbocycles. The van der Waals surface area contributed by atoms with Crippen LogP contribution in [0.15, 0.2) is 66.0 Å². The highest BCUT2D eigenvalue weighted by Crippen LogP contribution is 2.22. The van der Waals surface area contributed by atoms with Gasteiger partial charge >= 0.3 is 0 Å². The Morgan fingerprint density at radius 2 is 1.88 bits per heavy atom. The molecule has 178 valence electrons. The number of nitrogens with zero attached hydrogens (tertiary/aromatic N) is 1. The summed E-state index contributed by atoms with van der Waals surface area (Å²) in [6.45, 7) is 2.42. The van der Waals surface area contributed by atoms with Gasteiger partial charge in [0.25, 0.3) is 0 Å². The summed E-state index contributed by atoms with van der Waals surface area (Å²) >= 11 is 1.52. The number of rotatable bonds is 11. The minimum absolute atomic E-state index is 0.0401. The van der Waals surface area contributed by atoms with Crippen molar-refractivity contribution in [1.29, 1.82) is 5.41 Å². The quantitative estimate of drug-likeness (QED) is 0.208. The van der Waals surface area contributed by atoms with E-state index in [0.717, 1.165) is 67.1 Å². The van der Waals surface area contributed by atoms with Gasteiger partial charge in [-0.1, -0.05) is 30.3 Å². The Bertz CT molecular complexity index is 1080. The molecule has 1 aromatic heterocycles. The van der Waals surface area contributed by atoms with Crippen molar-refractivity contribution >= 4 is 23.1 Å². The molecule has 0 spiro atoms. The summed E-state index contributed by atoms with van der Waals surface area (Å²) in [6.07, 6.45) is 5.16. The van der Waals surface area contributed by atoms with Crippen LogP contribution in [0.25, 0.3) is 0 Å². The first-order valence-corrected chi connectivity index (χ1v) is 12.7. The first kappa shape index (κ1) is 24.0. The van der Waals surface area contributed by atoms with E-state index in [1.54, 1.807) is 0 Å². The molecule has 0 saturated carbocycles. The fraction of sp³-hybridized carbons (Fsp3) is 0.333. The highest BCUT2D eigenvalue weighted by atomic mass is 32.1. The van der Waals surface area contributed by atoms with Gasteiger partial charge in [-0.15, -0.1) is 11.3 Å². The first-order chi connectivity index (χ1) is 16.6. The summed E-state index contributed by atoms with van der Waals surface area (Å²) in [5.41, 5.74) is 7.54. The molecule has 2 heterocycles. The maximum absolute atomic E-state index is 12.8. The van der Waals surface area contributed by atoms with Crippen LogP contribution in [0, 0.1) is 5.41 Å². The molecule has 7 heteroatoms. The number of hydrogen-bond donors (Lipinski definition) is 3. The molecule has 1 atom stereocenters. The molecule has 4 N–H and O–H groups in total. The highest BCUT2D eigenvalue weighted by Gasteiger charge is 2.29. The third kappa shape index (κ3) is 6.68. The van der Waals surface area contributed by atoms with Crippen LogP contribution < -0.4 is 15.8 Å². The van der Waals surface area contributed by atoms with E-state index < -0.39 is 0 Å². The van der Waals surface area contributed by atoms with E-state index in [2.05, 4.69) is 22.3 Å². The van der Waals surface area contributed by atoms with Crippen LogP contribution in [0.5, 0.6) is 11.5 Å². The van der Waals surface area contributed by atoms with Gasteiger partial charge in [0, 0.05) is 15.8 Å². The normalized spacial score (nSPS) is 15.8. The predicted octanol–water partition coefficient (Wildman–Crippen LogP) is 4.93. The number of para-hydroxylation sites is 1. The predicted molar refractivity (Wildman–Crippen MR) is 138 cm³/mol. The standard InChI is InChI=1S/C27H32N4O2S/c28-26(29)21-17-24(34-19-21)18-30-27(32)25-10-6-16-31(25)15-5-4-7-20-11-13-23(14-12-20)33-22-8-2-1-3-9-22/h1-3,8-9,11-14,17,19,25H,4-7,10,15-16,18H2,(H3,28,29)(H,30,32)/t25-/m0/s1. The topological polar surface area (TPSA) is 91.4 Å². The number of thiophene rings is 1. The van der Waals surface area contributed by atoms with E-state index in [-0.39, 0.29) is 17.8 Å². The molecule has 0 radical (unpaired) electrons. The lowest BCUT2D eigenvalue weighted by molar-refractivity contribution is -0.125. The molecule has 1 saturated heterocycles. The van der Waals surface area contributed by atoms with E-state index >= 15 is 0 Å². The van der Waals surface area contributed by atoms with Crippen molar-refractivity contribution in [1.82, 2.24) is 10.2 Å². The largest absolute Gasteiger partial charge is 0.457 e. The number of nitrogens with two attached hydrogens (primary N) is 1. The summed E-state index contributed by atoms with van der Waals surface area (Å²) in [7, 11) is 0. The summed E-state index contributed by atoms with van der Waals surface area (Å²) in [6, 6.07) is 20.0. The number of amidine groups is 1. The Balaban J connectivity index is 1.17. The summed E-state index contributed by atoms with van der Waals surface area (Å²) in [5.74, 6) is 1.85. The zero-order valence-electron chi connectivity index (χ0n) is 19.3. The Morgan fingerprint density at radius 1 is 1.12 bits per heavy atom. The van der Waals surface area contributed by atoms with Crippen molar-refractivity contribution in [3.8, 4) is 11.5 Å². The highest BCUT2D eigenvalue weighted by molar-refractivity contribution is 7.10. The van der Waals surface area contributed by atoms with Crippen molar-refractivity contribution in [3.63, 3.8) is 0 Å². The molecule has 6 nitrogen and oxygen atoms in total. The van der Waals surface area contributed by atoms with E-state index in [1.165, 1.54) is 16.9 Å². The molecule has 3 aromatic rings. The number of hydrogen-bond acceptors (Lipinski definition) is 5. The van der Waals surface area contributed by atoms with E-state index in [0.29, 0.717) is 6.54 Å². The van der Waals surface area contributed by atoms with Crippen molar-refractivity contribution < 1.29 is 9.53 Å². The number of carbonyl (C=O) groups is 1. The van der Waals surface area contributed by atoms with Gasteiger partial charge in [0.1, 0.15) is 17.3 Å². The number of nitrogen functional groups attached to an aromatic ring is 1. The summed E-state index contributed by atoms with van der Waals surface area (Å²) in [4.78, 5) is 16.1. The third-order valence-corrected chi connectivity index (χ3v) is 7.07. The van der Waals surface area contributed by atoms with Crippen LogP contribution in [-0.2, 0) is 17.8 Å². The van der Waals surface area contributed by atoms with Gasteiger partial charge in [-0.05, 0) is 81.1 Å². The maximum atomic E-state index is 12.8. The molecule has 1 amide bonds. The fourth-order valence-corrected chi connectivity index (χ4v) is 5.11. The number of aryl methyl sites for hydroxylation is 1. The Labute approximate surface area is 205 Å². The van der Waals surface area contributed by atoms with Crippen molar-refractivity contribution in [3.05, 3.63) is 82.0 Å². The zero-order chi connectivity index (χ0) is 23.8. The SMILES string of the molecule is N=C(N)c1csc(CNC(=O)[C@@H]2CCCN2CCCCc2ccc(Oc3ccccc3)cc2)c1. The smallest absolute Gasteiger partial charge is 0.237 e. The molecular formula is C27H32N4O2S. The molecule has 0 aliphatic carbocycles. The van der Waals surface area contributed by atoms with Crippen LogP contribution in [0.3, 0.4) is 0 Å². The van der Waals surface area contributed by atoms with Gasteiger partial charge in [-0.3, -0.25) is 15.1 Å². The fourth-order valence-electron chi connectivity index (χ4n) is 4.29. The Morgan fingerprint density at radius 3 is 2.62 bits per heavy atom. The first-order valence-electron chi connectivity index (χ1n) is 11.8. The minimum Gasteiger partial charge on any atom is -0.457 e. The number of amides is 1. The second-order valence-electron chi connectivity index (χ2n) is 8.64. The average molecular weight is 477 g/mol. The second kappa shape index (κ2) is 11.8. The van der Waals surface area contributed by atoms with Crippen LogP contribution >= 0.6 is 11.3 Å².